The first-order valence-corrected chi connectivity index (χ1v) is 8.36. The van der Waals surface area contributed by atoms with Crippen molar-refractivity contribution in [2.24, 2.45) is 0 Å². The molecule has 0 saturated heterocycles. The van der Waals surface area contributed by atoms with Crippen LogP contribution in [0.1, 0.15) is 26.7 Å². The molecule has 0 bridgehead atoms. The fourth-order valence-electron chi connectivity index (χ4n) is 1.48. The number of aliphatic hydroxyl groups is 1. The molecule has 3 nitrogen and oxygen atoms in total. The zero-order valence-electron chi connectivity index (χ0n) is 12.6. The summed E-state index contributed by atoms with van der Waals surface area (Å²) in [6.45, 7) is 7.23. The molecule has 0 aromatic heterocycles. The number of halogens is 3. The van der Waals surface area contributed by atoms with E-state index in [1.165, 1.54) is 0 Å². The Labute approximate surface area is 150 Å². The number of alkyl halides is 2. The van der Waals surface area contributed by atoms with Crippen molar-refractivity contribution in [1.29, 1.82) is 0 Å². The highest BCUT2D eigenvalue weighted by molar-refractivity contribution is 9.11. The second kappa shape index (κ2) is 10.3. The third-order valence-corrected chi connectivity index (χ3v) is 4.30. The first-order chi connectivity index (χ1) is 10.1. The van der Waals surface area contributed by atoms with E-state index in [9.17, 15) is 9.90 Å². The molecule has 3 unspecified atom stereocenters. The Bertz CT molecular complexity index is 482. The van der Waals surface area contributed by atoms with Crippen LogP contribution >= 0.6 is 39.1 Å². The van der Waals surface area contributed by atoms with Crippen LogP contribution < -0.4 is 0 Å². The summed E-state index contributed by atoms with van der Waals surface area (Å²) < 4.78 is 0. The molecule has 0 saturated carbocycles. The Hall–Kier alpha value is -0.550. The molecule has 0 heterocycles. The van der Waals surface area contributed by atoms with Crippen molar-refractivity contribution in [3.8, 4) is 0 Å². The van der Waals surface area contributed by atoms with Crippen LogP contribution in [-0.2, 0) is 4.79 Å². The van der Waals surface area contributed by atoms with Crippen molar-refractivity contribution >= 4 is 45.1 Å². The van der Waals surface area contributed by atoms with Crippen LogP contribution in [0, 0.1) is 0 Å². The molecule has 0 spiro atoms. The number of aliphatic carboxylic acids is 1. The number of rotatable bonds is 9. The van der Waals surface area contributed by atoms with Crippen molar-refractivity contribution in [1.82, 2.24) is 0 Å². The Morgan fingerprint density at radius 3 is 2.59 bits per heavy atom. The number of hydrogen-bond acceptors (Lipinski definition) is 2. The summed E-state index contributed by atoms with van der Waals surface area (Å²) in [6, 6.07) is 0. The van der Waals surface area contributed by atoms with Crippen molar-refractivity contribution in [2.45, 2.75) is 43.0 Å². The lowest BCUT2D eigenvalue weighted by Crippen LogP contribution is -2.24. The minimum absolute atomic E-state index is 0.239. The van der Waals surface area contributed by atoms with E-state index in [0.29, 0.717) is 6.42 Å². The van der Waals surface area contributed by atoms with Gasteiger partial charge in [0.15, 0.2) is 0 Å². The fourth-order valence-corrected chi connectivity index (χ4v) is 2.47. The highest BCUT2D eigenvalue weighted by Crippen LogP contribution is 2.27. The monoisotopic (exact) mass is 410 g/mol. The van der Waals surface area contributed by atoms with Gasteiger partial charge in [0.1, 0.15) is 0 Å². The standard InChI is InChI=1S/C16H21BrCl2O3/c1-11(4-6-13(20)12(2)10-15(21)22)5-7-14(18)16(3,19)8-9-17/h4-5,7-9,13-14,20H,2,6,10H2,1,3H3,(H,21,22). The molecule has 124 valence electrons. The van der Waals surface area contributed by atoms with Crippen LogP contribution in [-0.4, -0.2) is 32.5 Å². The van der Waals surface area contributed by atoms with Crippen molar-refractivity contribution in [3.63, 3.8) is 0 Å². The fraction of sp³-hybridized carbons (Fsp3) is 0.438. The van der Waals surface area contributed by atoms with E-state index in [2.05, 4.69) is 22.5 Å². The number of carbonyl (C=O) groups is 1. The maximum atomic E-state index is 10.5. The first kappa shape index (κ1) is 21.4. The van der Waals surface area contributed by atoms with Crippen LogP contribution in [0.2, 0.25) is 0 Å². The third kappa shape index (κ3) is 8.79. The van der Waals surface area contributed by atoms with E-state index in [4.69, 9.17) is 28.3 Å². The summed E-state index contributed by atoms with van der Waals surface area (Å²) in [7, 11) is 0. The van der Waals surface area contributed by atoms with Crippen LogP contribution in [0.15, 0.2) is 47.0 Å². The van der Waals surface area contributed by atoms with Crippen LogP contribution in [0.25, 0.3) is 0 Å². The molecule has 0 amide bonds. The largest absolute Gasteiger partial charge is 0.481 e. The smallest absolute Gasteiger partial charge is 0.307 e. The molecular weight excluding hydrogens is 391 g/mol. The molecule has 0 aliphatic rings. The molecule has 3 atom stereocenters. The highest BCUT2D eigenvalue weighted by atomic mass is 79.9. The van der Waals surface area contributed by atoms with E-state index in [1.807, 2.05) is 13.0 Å². The number of allylic oxidation sites excluding steroid dienone is 4. The minimum atomic E-state index is -1.00. The molecule has 0 radical (unpaired) electrons. The summed E-state index contributed by atoms with van der Waals surface area (Å²) in [5.41, 5.74) is 1.18. The average Bonchev–Trinajstić information content (AvgIpc) is 2.40. The average molecular weight is 412 g/mol. The van der Waals surface area contributed by atoms with Gasteiger partial charge in [0.25, 0.3) is 0 Å². The summed E-state index contributed by atoms with van der Waals surface area (Å²) >= 11 is 15.6. The molecule has 0 aromatic carbocycles. The van der Waals surface area contributed by atoms with Gasteiger partial charge in [-0.05, 0) is 30.8 Å². The maximum Gasteiger partial charge on any atom is 0.307 e. The Morgan fingerprint density at radius 2 is 2.09 bits per heavy atom. The molecule has 0 aliphatic heterocycles. The van der Waals surface area contributed by atoms with Crippen LogP contribution in [0.4, 0.5) is 0 Å². The van der Waals surface area contributed by atoms with E-state index in [0.717, 1.165) is 5.57 Å². The number of hydrogen-bond donors (Lipinski definition) is 2. The van der Waals surface area contributed by atoms with E-state index in [-0.39, 0.29) is 12.0 Å². The quantitative estimate of drug-likeness (QED) is 0.326. The van der Waals surface area contributed by atoms with Crippen LogP contribution in [0.5, 0.6) is 0 Å². The molecule has 2 N–H and O–H groups in total. The Kier molecular flexibility index (Phi) is 10.0. The molecule has 0 aliphatic carbocycles. The molecule has 22 heavy (non-hydrogen) atoms. The number of aliphatic hydroxyl groups excluding tert-OH is 1. The molecule has 0 fully saturated rings. The van der Waals surface area contributed by atoms with Gasteiger partial charge < -0.3 is 10.2 Å². The maximum absolute atomic E-state index is 10.5. The lowest BCUT2D eigenvalue weighted by atomic mass is 10.0. The van der Waals surface area contributed by atoms with Gasteiger partial charge in [-0.15, -0.1) is 23.2 Å². The molecule has 6 heteroatoms. The first-order valence-electron chi connectivity index (χ1n) is 6.63. The SMILES string of the molecule is C=C(CC(=O)O)C(O)CC=C(C)C=CC(Cl)C(C)(Cl)C=CBr. The lowest BCUT2D eigenvalue weighted by molar-refractivity contribution is -0.136. The predicted molar refractivity (Wildman–Crippen MR) is 96.9 cm³/mol. The van der Waals surface area contributed by atoms with Gasteiger partial charge in [0, 0.05) is 0 Å². The third-order valence-electron chi connectivity index (χ3n) is 2.97. The lowest BCUT2D eigenvalue weighted by Gasteiger charge is -2.20. The van der Waals surface area contributed by atoms with Crippen LogP contribution in [0.3, 0.4) is 0 Å². The van der Waals surface area contributed by atoms with E-state index >= 15 is 0 Å². The van der Waals surface area contributed by atoms with Gasteiger partial charge in [0.2, 0.25) is 0 Å². The Morgan fingerprint density at radius 1 is 1.50 bits per heavy atom. The minimum Gasteiger partial charge on any atom is -0.481 e. The van der Waals surface area contributed by atoms with Crippen molar-refractivity contribution in [2.75, 3.05) is 0 Å². The van der Waals surface area contributed by atoms with E-state index < -0.39 is 22.3 Å². The summed E-state index contributed by atoms with van der Waals surface area (Å²) in [4.78, 5) is 11.5. The Balaban J connectivity index is 4.59. The van der Waals surface area contributed by atoms with Gasteiger partial charge in [0.05, 0.1) is 22.8 Å². The van der Waals surface area contributed by atoms with Gasteiger partial charge in [-0.2, -0.15) is 0 Å². The van der Waals surface area contributed by atoms with E-state index in [1.54, 1.807) is 30.1 Å². The summed E-state index contributed by atoms with van der Waals surface area (Å²) in [5, 5.41) is 18.0. The van der Waals surface area contributed by atoms with Gasteiger partial charge >= 0.3 is 5.97 Å². The zero-order chi connectivity index (χ0) is 17.3. The number of carboxylic acids is 1. The van der Waals surface area contributed by atoms with Crippen molar-refractivity contribution < 1.29 is 15.0 Å². The molecule has 0 aromatic rings. The van der Waals surface area contributed by atoms with Gasteiger partial charge in [-0.3, -0.25) is 4.79 Å². The second-order valence-electron chi connectivity index (χ2n) is 5.13. The second-order valence-corrected chi connectivity index (χ2v) is 6.95. The molecule has 0 rings (SSSR count). The molecular formula is C16H21BrCl2O3. The highest BCUT2D eigenvalue weighted by Gasteiger charge is 2.25. The topological polar surface area (TPSA) is 57.5 Å². The number of carboxylic acid groups (broad SMARTS) is 1. The normalized spacial score (nSPS) is 18.4. The summed E-state index contributed by atoms with van der Waals surface area (Å²) in [5.74, 6) is -1.00. The zero-order valence-corrected chi connectivity index (χ0v) is 15.7. The van der Waals surface area contributed by atoms with Crippen molar-refractivity contribution in [3.05, 3.63) is 47.0 Å². The van der Waals surface area contributed by atoms with Gasteiger partial charge in [-0.25, -0.2) is 0 Å². The predicted octanol–water partition coefficient (Wildman–Crippen LogP) is 4.78. The van der Waals surface area contributed by atoms with Gasteiger partial charge in [-0.1, -0.05) is 52.4 Å². The summed E-state index contributed by atoms with van der Waals surface area (Å²) in [6.07, 6.45) is 6.31.